The molecule has 0 aliphatic rings. The summed E-state index contributed by atoms with van der Waals surface area (Å²) in [5.41, 5.74) is 1.03. The van der Waals surface area contributed by atoms with Crippen molar-refractivity contribution in [1.29, 1.82) is 0 Å². The van der Waals surface area contributed by atoms with Crippen molar-refractivity contribution in [2.24, 2.45) is 5.92 Å². The van der Waals surface area contributed by atoms with Crippen molar-refractivity contribution in [3.63, 3.8) is 0 Å². The van der Waals surface area contributed by atoms with E-state index in [1.165, 1.54) is 0 Å². The molecule has 0 saturated heterocycles. The third kappa shape index (κ3) is 5.57. The van der Waals surface area contributed by atoms with Crippen molar-refractivity contribution in [3.05, 3.63) is 48.2 Å². The van der Waals surface area contributed by atoms with E-state index >= 15 is 0 Å². The highest BCUT2D eigenvalue weighted by Crippen LogP contribution is 2.22. The lowest BCUT2D eigenvalue weighted by Gasteiger charge is -2.14. The molecule has 4 heteroatoms. The fourth-order valence-corrected chi connectivity index (χ4v) is 2.29. The summed E-state index contributed by atoms with van der Waals surface area (Å²) in [5, 5.41) is 12.5. The maximum atomic E-state index is 11.8. The van der Waals surface area contributed by atoms with Crippen molar-refractivity contribution in [3.8, 4) is 11.3 Å². The summed E-state index contributed by atoms with van der Waals surface area (Å²) in [6, 6.07) is 13.7. The van der Waals surface area contributed by atoms with Gasteiger partial charge in [0.1, 0.15) is 11.5 Å². The van der Waals surface area contributed by atoms with Gasteiger partial charge < -0.3 is 14.8 Å². The number of hydrogen-bond acceptors (Lipinski definition) is 3. The number of nitrogens with one attached hydrogen (secondary N) is 1. The molecule has 2 rings (SSSR count). The lowest BCUT2D eigenvalue weighted by molar-refractivity contribution is -0.121. The van der Waals surface area contributed by atoms with E-state index in [1.807, 2.05) is 56.3 Å². The van der Waals surface area contributed by atoms with Crippen LogP contribution in [0.25, 0.3) is 11.3 Å². The van der Waals surface area contributed by atoms with E-state index in [2.05, 4.69) is 5.32 Å². The molecule has 1 amide bonds. The molecule has 0 spiro atoms. The third-order valence-electron chi connectivity index (χ3n) is 3.85. The van der Waals surface area contributed by atoms with Crippen LogP contribution in [-0.4, -0.2) is 23.7 Å². The average molecular weight is 315 g/mol. The Bertz CT molecular complexity index is 604. The number of rotatable bonds is 8. The van der Waals surface area contributed by atoms with Crippen LogP contribution in [-0.2, 0) is 11.2 Å². The molecule has 0 radical (unpaired) electrons. The van der Waals surface area contributed by atoms with Crippen LogP contribution in [0.5, 0.6) is 0 Å². The summed E-state index contributed by atoms with van der Waals surface area (Å²) in [6.45, 7) is 4.44. The number of aryl methyl sites for hydroxylation is 1. The molecule has 1 aromatic heterocycles. The van der Waals surface area contributed by atoms with Crippen LogP contribution in [0.3, 0.4) is 0 Å². The summed E-state index contributed by atoms with van der Waals surface area (Å²) in [4.78, 5) is 11.8. The molecule has 4 nitrogen and oxygen atoms in total. The van der Waals surface area contributed by atoms with Gasteiger partial charge in [-0.1, -0.05) is 44.2 Å². The van der Waals surface area contributed by atoms with Gasteiger partial charge in [0.15, 0.2) is 0 Å². The first-order chi connectivity index (χ1) is 11.1. The number of hydrogen-bond donors (Lipinski definition) is 2. The molecule has 23 heavy (non-hydrogen) atoms. The maximum Gasteiger partial charge on any atom is 0.220 e. The Morgan fingerprint density at radius 2 is 1.91 bits per heavy atom. The van der Waals surface area contributed by atoms with E-state index in [1.54, 1.807) is 0 Å². The summed E-state index contributed by atoms with van der Waals surface area (Å²) < 4.78 is 5.77. The number of aliphatic hydroxyl groups excluding tert-OH is 1. The molecule has 0 aliphatic heterocycles. The zero-order valence-electron chi connectivity index (χ0n) is 13.8. The second-order valence-corrected chi connectivity index (χ2v) is 6.08. The molecule has 0 fully saturated rings. The van der Waals surface area contributed by atoms with Crippen molar-refractivity contribution < 1.29 is 14.3 Å². The van der Waals surface area contributed by atoms with Gasteiger partial charge in [-0.05, 0) is 24.5 Å². The van der Waals surface area contributed by atoms with E-state index in [0.29, 0.717) is 25.8 Å². The van der Waals surface area contributed by atoms with E-state index < -0.39 is 0 Å². The standard InChI is InChI=1S/C19H25NO3/c1-14(2)17(21)12-13-20-19(22)11-9-16-8-10-18(23-16)15-6-4-3-5-7-15/h3-8,10,14,17,21H,9,11-13H2,1-2H3,(H,20,22). The number of benzene rings is 1. The van der Waals surface area contributed by atoms with Gasteiger partial charge in [-0.3, -0.25) is 4.79 Å². The normalized spacial score (nSPS) is 12.3. The van der Waals surface area contributed by atoms with E-state index in [0.717, 1.165) is 17.1 Å². The lowest BCUT2D eigenvalue weighted by atomic mass is 10.0. The highest BCUT2D eigenvalue weighted by Gasteiger charge is 2.10. The molecular formula is C19H25NO3. The molecule has 124 valence electrons. The van der Waals surface area contributed by atoms with Gasteiger partial charge in [0.2, 0.25) is 5.91 Å². The van der Waals surface area contributed by atoms with E-state index in [-0.39, 0.29) is 17.9 Å². The fourth-order valence-electron chi connectivity index (χ4n) is 2.29. The monoisotopic (exact) mass is 315 g/mol. The number of carbonyl (C=O) groups is 1. The van der Waals surface area contributed by atoms with Crippen LogP contribution in [0.2, 0.25) is 0 Å². The van der Waals surface area contributed by atoms with Crippen molar-refractivity contribution in [1.82, 2.24) is 5.32 Å². The molecule has 2 N–H and O–H groups in total. The first kappa shape index (κ1) is 17.3. The van der Waals surface area contributed by atoms with Gasteiger partial charge in [0.05, 0.1) is 6.10 Å². The second-order valence-electron chi connectivity index (χ2n) is 6.08. The SMILES string of the molecule is CC(C)C(O)CCNC(=O)CCc1ccc(-c2ccccc2)o1. The molecule has 0 saturated carbocycles. The van der Waals surface area contributed by atoms with Gasteiger partial charge in [0, 0.05) is 24.9 Å². The van der Waals surface area contributed by atoms with Crippen LogP contribution < -0.4 is 5.32 Å². The van der Waals surface area contributed by atoms with Crippen LogP contribution in [0, 0.1) is 5.92 Å². The molecule has 2 aromatic rings. The van der Waals surface area contributed by atoms with Crippen LogP contribution in [0.1, 0.15) is 32.4 Å². The topological polar surface area (TPSA) is 62.5 Å². The van der Waals surface area contributed by atoms with Crippen LogP contribution >= 0.6 is 0 Å². The lowest BCUT2D eigenvalue weighted by Crippen LogP contribution is -2.28. The van der Waals surface area contributed by atoms with Crippen LogP contribution in [0.15, 0.2) is 46.9 Å². The van der Waals surface area contributed by atoms with E-state index in [4.69, 9.17) is 4.42 Å². The van der Waals surface area contributed by atoms with Crippen molar-refractivity contribution >= 4 is 5.91 Å². The Balaban J connectivity index is 1.74. The number of furan rings is 1. The molecule has 1 atom stereocenters. The maximum absolute atomic E-state index is 11.8. The molecule has 0 bridgehead atoms. The molecule has 0 aliphatic carbocycles. The predicted octanol–water partition coefficient (Wildman–Crippen LogP) is 3.40. The van der Waals surface area contributed by atoms with Gasteiger partial charge in [-0.25, -0.2) is 0 Å². The summed E-state index contributed by atoms with van der Waals surface area (Å²) in [7, 11) is 0. The fraction of sp³-hybridized carbons (Fsp3) is 0.421. The van der Waals surface area contributed by atoms with E-state index in [9.17, 15) is 9.90 Å². The summed E-state index contributed by atoms with van der Waals surface area (Å²) in [6.07, 6.45) is 1.18. The van der Waals surface area contributed by atoms with Gasteiger partial charge in [0.25, 0.3) is 0 Å². The van der Waals surface area contributed by atoms with Crippen LogP contribution in [0.4, 0.5) is 0 Å². The summed E-state index contributed by atoms with van der Waals surface area (Å²) in [5.74, 6) is 1.83. The van der Waals surface area contributed by atoms with Crippen molar-refractivity contribution in [2.75, 3.05) is 6.54 Å². The number of amides is 1. The van der Waals surface area contributed by atoms with Crippen molar-refractivity contribution in [2.45, 2.75) is 39.2 Å². The molecular weight excluding hydrogens is 290 g/mol. The zero-order chi connectivity index (χ0) is 16.7. The Morgan fingerprint density at radius 3 is 2.61 bits per heavy atom. The molecule has 1 heterocycles. The molecule has 1 aromatic carbocycles. The highest BCUT2D eigenvalue weighted by molar-refractivity contribution is 5.76. The Hall–Kier alpha value is -2.07. The zero-order valence-corrected chi connectivity index (χ0v) is 13.8. The minimum atomic E-state index is -0.367. The quantitative estimate of drug-likeness (QED) is 0.785. The van der Waals surface area contributed by atoms with Gasteiger partial charge in [-0.2, -0.15) is 0 Å². The highest BCUT2D eigenvalue weighted by atomic mass is 16.3. The smallest absolute Gasteiger partial charge is 0.220 e. The first-order valence-electron chi connectivity index (χ1n) is 8.15. The largest absolute Gasteiger partial charge is 0.461 e. The Morgan fingerprint density at radius 1 is 1.17 bits per heavy atom. The average Bonchev–Trinajstić information content (AvgIpc) is 3.02. The Labute approximate surface area is 137 Å². The first-order valence-corrected chi connectivity index (χ1v) is 8.15. The molecule has 1 unspecified atom stereocenters. The number of carbonyl (C=O) groups excluding carboxylic acids is 1. The predicted molar refractivity (Wildman–Crippen MR) is 90.9 cm³/mol. The number of aliphatic hydroxyl groups is 1. The van der Waals surface area contributed by atoms with Gasteiger partial charge >= 0.3 is 0 Å². The minimum Gasteiger partial charge on any atom is -0.461 e. The minimum absolute atomic E-state index is 0.0152. The third-order valence-corrected chi connectivity index (χ3v) is 3.85. The summed E-state index contributed by atoms with van der Waals surface area (Å²) >= 11 is 0. The second kappa shape index (κ2) is 8.53. The Kier molecular flexibility index (Phi) is 6.41. The van der Waals surface area contributed by atoms with Gasteiger partial charge in [-0.15, -0.1) is 0 Å².